The molecule has 0 bridgehead atoms. The molecule has 0 spiro atoms. The Morgan fingerprint density at radius 3 is 2.53 bits per heavy atom. The normalized spacial score (nSPS) is 16.6. The fourth-order valence-electron chi connectivity index (χ4n) is 3.87. The lowest BCUT2D eigenvalue weighted by Crippen LogP contribution is -2.37. The highest BCUT2D eigenvalue weighted by molar-refractivity contribution is 5.65. The van der Waals surface area contributed by atoms with Gasteiger partial charge in [-0.25, -0.2) is 19.9 Å². The molecule has 1 aromatic carbocycles. The highest BCUT2D eigenvalue weighted by Gasteiger charge is 2.18. The van der Waals surface area contributed by atoms with Gasteiger partial charge in [0.15, 0.2) is 0 Å². The minimum Gasteiger partial charge on any atom is -0.489 e. The Kier molecular flexibility index (Phi) is 6.74. The van der Waals surface area contributed by atoms with Crippen molar-refractivity contribution in [2.45, 2.75) is 18.9 Å². The number of hydrogen-bond donors (Lipinski definition) is 1. The standard InChI is InChI=1S/C24H25N7O3/c25-14-18-13-17(1-2-22(18)34-20-4-9-32-10-5-20)21-3-6-26-23(30-21)29-19-15-27-24(28-16-19)31-7-11-33-12-8-31/h1-3,6,13,15-16,20H,4-5,7-12H2,(H,26,29,30). The average Bonchev–Trinajstić information content (AvgIpc) is 2.91. The molecule has 174 valence electrons. The molecule has 2 fully saturated rings. The summed E-state index contributed by atoms with van der Waals surface area (Å²) < 4.78 is 16.8. The van der Waals surface area contributed by atoms with Gasteiger partial charge in [0.25, 0.3) is 0 Å². The average molecular weight is 460 g/mol. The van der Waals surface area contributed by atoms with Crippen molar-refractivity contribution in [1.29, 1.82) is 5.26 Å². The topological polar surface area (TPSA) is 118 Å². The third-order valence-corrected chi connectivity index (χ3v) is 5.70. The Morgan fingerprint density at radius 1 is 1.00 bits per heavy atom. The SMILES string of the molecule is N#Cc1cc(-c2ccnc(Nc3cnc(N4CCOCC4)nc3)n2)ccc1OC1CCOCC1. The number of benzene rings is 1. The van der Waals surface area contributed by atoms with Crippen LogP contribution in [0.5, 0.6) is 5.75 Å². The summed E-state index contributed by atoms with van der Waals surface area (Å²) >= 11 is 0. The third kappa shape index (κ3) is 5.22. The molecule has 4 heterocycles. The summed E-state index contributed by atoms with van der Waals surface area (Å²) in [6.45, 7) is 4.29. The molecule has 0 saturated carbocycles. The van der Waals surface area contributed by atoms with Gasteiger partial charge in [-0.3, -0.25) is 0 Å². The van der Waals surface area contributed by atoms with Gasteiger partial charge in [-0.15, -0.1) is 0 Å². The van der Waals surface area contributed by atoms with E-state index < -0.39 is 0 Å². The first-order valence-electron chi connectivity index (χ1n) is 11.3. The van der Waals surface area contributed by atoms with Gasteiger partial charge >= 0.3 is 0 Å². The Labute approximate surface area is 197 Å². The molecule has 0 unspecified atom stereocenters. The van der Waals surface area contributed by atoms with Crippen LogP contribution < -0.4 is 15.0 Å². The molecule has 10 heteroatoms. The quantitative estimate of drug-likeness (QED) is 0.589. The highest BCUT2D eigenvalue weighted by Crippen LogP contribution is 2.28. The zero-order valence-electron chi connectivity index (χ0n) is 18.7. The molecule has 34 heavy (non-hydrogen) atoms. The first kappa shape index (κ1) is 22.0. The van der Waals surface area contributed by atoms with Crippen molar-refractivity contribution >= 4 is 17.6 Å². The Hall–Kier alpha value is -3.81. The highest BCUT2D eigenvalue weighted by atomic mass is 16.5. The molecule has 0 aliphatic carbocycles. The summed E-state index contributed by atoms with van der Waals surface area (Å²) in [6, 6.07) is 9.57. The number of nitrogens with zero attached hydrogens (tertiary/aromatic N) is 6. The molecule has 0 amide bonds. The van der Waals surface area contributed by atoms with Crippen molar-refractivity contribution in [3.8, 4) is 23.1 Å². The van der Waals surface area contributed by atoms with Gasteiger partial charge in [0.1, 0.15) is 17.9 Å². The third-order valence-electron chi connectivity index (χ3n) is 5.70. The Bertz CT molecular complexity index is 1150. The van der Waals surface area contributed by atoms with Gasteiger partial charge < -0.3 is 24.4 Å². The molecule has 10 nitrogen and oxygen atoms in total. The number of anilines is 3. The number of nitrogens with one attached hydrogen (secondary N) is 1. The lowest BCUT2D eigenvalue weighted by molar-refractivity contribution is 0.0254. The summed E-state index contributed by atoms with van der Waals surface area (Å²) in [5.41, 5.74) is 2.66. The van der Waals surface area contributed by atoms with Crippen LogP contribution in [0.4, 0.5) is 17.6 Å². The van der Waals surface area contributed by atoms with Crippen molar-refractivity contribution in [1.82, 2.24) is 19.9 Å². The fraction of sp³-hybridized carbons (Fsp3) is 0.375. The second-order valence-corrected chi connectivity index (χ2v) is 8.01. The minimum absolute atomic E-state index is 0.0680. The summed E-state index contributed by atoms with van der Waals surface area (Å²) in [4.78, 5) is 19.9. The summed E-state index contributed by atoms with van der Waals surface area (Å²) in [6.07, 6.45) is 6.81. The Balaban J connectivity index is 1.29. The molecule has 0 radical (unpaired) electrons. The van der Waals surface area contributed by atoms with E-state index in [4.69, 9.17) is 14.2 Å². The van der Waals surface area contributed by atoms with Crippen LogP contribution in [0.15, 0.2) is 42.9 Å². The van der Waals surface area contributed by atoms with Crippen molar-refractivity contribution in [3.63, 3.8) is 0 Å². The zero-order valence-corrected chi connectivity index (χ0v) is 18.7. The van der Waals surface area contributed by atoms with Gasteiger partial charge in [-0.1, -0.05) is 0 Å². The lowest BCUT2D eigenvalue weighted by atomic mass is 10.1. The number of rotatable bonds is 6. The van der Waals surface area contributed by atoms with E-state index in [9.17, 15) is 5.26 Å². The van der Waals surface area contributed by atoms with Crippen LogP contribution in [0.2, 0.25) is 0 Å². The predicted molar refractivity (Wildman–Crippen MR) is 125 cm³/mol. The van der Waals surface area contributed by atoms with Gasteiger partial charge in [0.05, 0.1) is 55.8 Å². The molecule has 2 saturated heterocycles. The van der Waals surface area contributed by atoms with Crippen LogP contribution >= 0.6 is 0 Å². The van der Waals surface area contributed by atoms with E-state index in [1.165, 1.54) is 0 Å². The smallest absolute Gasteiger partial charge is 0.227 e. The summed E-state index contributed by atoms with van der Waals surface area (Å²) in [5, 5.41) is 12.8. The Morgan fingerprint density at radius 2 is 1.76 bits per heavy atom. The number of nitriles is 1. The van der Waals surface area contributed by atoms with Crippen molar-refractivity contribution in [2.24, 2.45) is 0 Å². The predicted octanol–water partition coefficient (Wildman–Crippen LogP) is 2.94. The van der Waals surface area contributed by atoms with Gasteiger partial charge in [-0.2, -0.15) is 5.26 Å². The molecule has 2 aliphatic heterocycles. The number of ether oxygens (including phenoxy) is 3. The maximum Gasteiger partial charge on any atom is 0.227 e. The molecule has 1 N–H and O–H groups in total. The molecule has 0 atom stereocenters. The van der Waals surface area contributed by atoms with Crippen LogP contribution in [0.1, 0.15) is 18.4 Å². The molecule has 2 aliphatic rings. The van der Waals surface area contributed by atoms with E-state index in [-0.39, 0.29) is 6.10 Å². The van der Waals surface area contributed by atoms with E-state index in [0.717, 1.165) is 31.5 Å². The first-order chi connectivity index (χ1) is 16.8. The zero-order chi connectivity index (χ0) is 23.2. The number of hydrogen-bond acceptors (Lipinski definition) is 10. The van der Waals surface area contributed by atoms with E-state index in [2.05, 4.69) is 36.2 Å². The molecule has 2 aromatic heterocycles. The van der Waals surface area contributed by atoms with Crippen LogP contribution in [-0.2, 0) is 9.47 Å². The van der Waals surface area contributed by atoms with Crippen LogP contribution in [0.25, 0.3) is 11.3 Å². The van der Waals surface area contributed by atoms with Crippen LogP contribution in [-0.4, -0.2) is 65.6 Å². The van der Waals surface area contributed by atoms with Crippen molar-refractivity contribution in [3.05, 3.63) is 48.4 Å². The molecule has 5 rings (SSSR count). The van der Waals surface area contributed by atoms with Crippen LogP contribution in [0.3, 0.4) is 0 Å². The number of morpholine rings is 1. The van der Waals surface area contributed by atoms with Gasteiger partial charge in [0.2, 0.25) is 11.9 Å². The maximum atomic E-state index is 9.66. The fourth-order valence-corrected chi connectivity index (χ4v) is 3.87. The van der Waals surface area contributed by atoms with E-state index in [0.29, 0.717) is 61.0 Å². The first-order valence-corrected chi connectivity index (χ1v) is 11.3. The van der Waals surface area contributed by atoms with Crippen LogP contribution in [0, 0.1) is 11.3 Å². The van der Waals surface area contributed by atoms with Crippen molar-refractivity contribution in [2.75, 3.05) is 49.7 Å². The second kappa shape index (κ2) is 10.4. The molecule has 3 aromatic rings. The van der Waals surface area contributed by atoms with Gasteiger partial charge in [0, 0.05) is 37.7 Å². The number of aromatic nitrogens is 4. The minimum atomic E-state index is 0.0680. The molecular weight excluding hydrogens is 434 g/mol. The van der Waals surface area contributed by atoms with E-state index in [1.54, 1.807) is 30.7 Å². The lowest BCUT2D eigenvalue weighted by Gasteiger charge is -2.26. The molecular formula is C24H25N7O3. The van der Waals surface area contributed by atoms with Gasteiger partial charge in [-0.05, 0) is 24.3 Å². The summed E-state index contributed by atoms with van der Waals surface area (Å²) in [5.74, 6) is 1.68. The summed E-state index contributed by atoms with van der Waals surface area (Å²) in [7, 11) is 0. The largest absolute Gasteiger partial charge is 0.489 e. The van der Waals surface area contributed by atoms with E-state index in [1.807, 2.05) is 12.1 Å². The van der Waals surface area contributed by atoms with E-state index >= 15 is 0 Å². The van der Waals surface area contributed by atoms with Crippen molar-refractivity contribution < 1.29 is 14.2 Å². The monoisotopic (exact) mass is 459 g/mol. The maximum absolute atomic E-state index is 9.66. The second-order valence-electron chi connectivity index (χ2n) is 8.01.